The fraction of sp³-hybridized carbons (Fsp3) is 0.667. The molecule has 15 heavy (non-hydrogen) atoms. The Bertz CT molecular complexity index is 299. The highest BCUT2D eigenvalue weighted by atomic mass is 16.8. The minimum Gasteiger partial charge on any atom is -0.427 e. The maximum Gasteiger partial charge on any atom is 0.518 e. The van der Waals surface area contributed by atoms with E-state index in [-0.39, 0.29) is 5.92 Å². The van der Waals surface area contributed by atoms with Crippen LogP contribution in [0.3, 0.4) is 0 Å². The van der Waals surface area contributed by atoms with Gasteiger partial charge in [0.25, 0.3) is 0 Å². The fourth-order valence-corrected chi connectivity index (χ4v) is 1.88. The molecule has 0 aromatic heterocycles. The first-order chi connectivity index (χ1) is 7.19. The maximum absolute atomic E-state index is 10.9. The van der Waals surface area contributed by atoms with Gasteiger partial charge in [0.15, 0.2) is 0 Å². The summed E-state index contributed by atoms with van der Waals surface area (Å²) in [5.74, 6) is -0.143. The van der Waals surface area contributed by atoms with Crippen LogP contribution < -0.4 is 0 Å². The lowest BCUT2D eigenvalue weighted by molar-refractivity contribution is -0.115. The molecule has 82 valence electrons. The Labute approximate surface area is 85.5 Å². The number of ether oxygens (including phenoxy) is 3. The number of fused-ring (bicyclic) bond motifs is 1. The van der Waals surface area contributed by atoms with Crippen molar-refractivity contribution in [3.05, 3.63) is 0 Å². The van der Waals surface area contributed by atoms with Crippen LogP contribution in [0.25, 0.3) is 0 Å². The zero-order valence-electron chi connectivity index (χ0n) is 7.88. The van der Waals surface area contributed by atoms with Gasteiger partial charge in [0.1, 0.15) is 18.5 Å². The number of hydrogen-bond donors (Lipinski definition) is 0. The second-order valence-corrected chi connectivity index (χ2v) is 3.62. The van der Waals surface area contributed by atoms with Gasteiger partial charge in [0.2, 0.25) is 0 Å². The Hall–Kier alpha value is -1.59. The summed E-state index contributed by atoms with van der Waals surface area (Å²) in [4.78, 5) is 32.4. The van der Waals surface area contributed by atoms with E-state index in [9.17, 15) is 14.4 Å². The summed E-state index contributed by atoms with van der Waals surface area (Å²) < 4.78 is 13.9. The summed E-state index contributed by atoms with van der Waals surface area (Å²) in [6.07, 6.45) is -0.774. The van der Waals surface area contributed by atoms with Crippen LogP contribution in [-0.4, -0.2) is 30.8 Å². The standard InChI is InChI=1S/C9H10O6/c10-4-5-1-2-6-7(3-5)14-9(12)15-8(11)13-6/h4-7H,1-3H2. The van der Waals surface area contributed by atoms with Gasteiger partial charge in [0.05, 0.1) is 0 Å². The molecule has 6 nitrogen and oxygen atoms in total. The monoisotopic (exact) mass is 214 g/mol. The van der Waals surface area contributed by atoms with Crippen LogP contribution in [0, 0.1) is 5.92 Å². The van der Waals surface area contributed by atoms with Crippen LogP contribution >= 0.6 is 0 Å². The van der Waals surface area contributed by atoms with Crippen LogP contribution in [-0.2, 0) is 19.0 Å². The Morgan fingerprint density at radius 2 is 1.73 bits per heavy atom. The molecule has 1 aliphatic heterocycles. The molecule has 3 unspecified atom stereocenters. The summed E-state index contributed by atoms with van der Waals surface area (Å²) >= 11 is 0. The lowest BCUT2D eigenvalue weighted by atomic mass is 9.86. The highest BCUT2D eigenvalue weighted by Gasteiger charge is 2.39. The smallest absolute Gasteiger partial charge is 0.427 e. The maximum atomic E-state index is 10.9. The van der Waals surface area contributed by atoms with E-state index in [4.69, 9.17) is 9.47 Å². The Kier molecular flexibility index (Phi) is 2.57. The Balaban J connectivity index is 2.08. The van der Waals surface area contributed by atoms with E-state index in [1.807, 2.05) is 0 Å². The van der Waals surface area contributed by atoms with E-state index in [0.29, 0.717) is 19.3 Å². The van der Waals surface area contributed by atoms with Crippen molar-refractivity contribution in [2.24, 2.45) is 5.92 Å². The quantitative estimate of drug-likeness (QED) is 0.368. The van der Waals surface area contributed by atoms with Gasteiger partial charge in [-0.15, -0.1) is 0 Å². The molecule has 0 N–H and O–H groups in total. The van der Waals surface area contributed by atoms with Gasteiger partial charge < -0.3 is 19.0 Å². The van der Waals surface area contributed by atoms with Gasteiger partial charge >= 0.3 is 12.3 Å². The largest absolute Gasteiger partial charge is 0.518 e. The summed E-state index contributed by atoms with van der Waals surface area (Å²) in [5, 5.41) is 0. The van der Waals surface area contributed by atoms with Crippen molar-refractivity contribution < 1.29 is 28.6 Å². The number of aldehydes is 1. The third-order valence-electron chi connectivity index (χ3n) is 2.63. The predicted octanol–water partition coefficient (Wildman–Crippen LogP) is 1.03. The first kappa shape index (κ1) is 9.95. The molecule has 1 saturated carbocycles. The Morgan fingerprint density at radius 3 is 2.40 bits per heavy atom. The minimum absolute atomic E-state index is 0.143. The van der Waals surface area contributed by atoms with Crippen LogP contribution in [0.15, 0.2) is 0 Å². The zero-order valence-corrected chi connectivity index (χ0v) is 7.88. The summed E-state index contributed by atoms with van der Waals surface area (Å²) in [5.41, 5.74) is 0. The number of rotatable bonds is 1. The molecule has 1 heterocycles. The topological polar surface area (TPSA) is 78.9 Å². The molecule has 0 aromatic carbocycles. The zero-order chi connectivity index (χ0) is 10.8. The summed E-state index contributed by atoms with van der Waals surface area (Å²) in [7, 11) is 0. The SMILES string of the molecule is O=CC1CCC2OC(=O)OC(=O)OC2C1. The van der Waals surface area contributed by atoms with E-state index >= 15 is 0 Å². The molecule has 0 spiro atoms. The van der Waals surface area contributed by atoms with Gasteiger partial charge in [-0.1, -0.05) is 0 Å². The molecule has 0 aromatic rings. The van der Waals surface area contributed by atoms with Crippen molar-refractivity contribution in [3.63, 3.8) is 0 Å². The number of carbonyl (C=O) groups is 3. The minimum atomic E-state index is -1.06. The molecule has 0 radical (unpaired) electrons. The van der Waals surface area contributed by atoms with Crippen LogP contribution in [0.2, 0.25) is 0 Å². The molecule has 0 amide bonds. The van der Waals surface area contributed by atoms with E-state index in [2.05, 4.69) is 4.74 Å². The summed E-state index contributed by atoms with van der Waals surface area (Å²) in [6.45, 7) is 0. The van der Waals surface area contributed by atoms with Crippen molar-refractivity contribution in [2.75, 3.05) is 0 Å². The highest BCUT2D eigenvalue weighted by molar-refractivity contribution is 5.78. The molecule has 3 atom stereocenters. The number of hydrogen-bond acceptors (Lipinski definition) is 6. The molecule has 2 rings (SSSR count). The van der Waals surface area contributed by atoms with Gasteiger partial charge in [-0.3, -0.25) is 0 Å². The average Bonchev–Trinajstić information content (AvgIpc) is 2.33. The molecule has 2 fully saturated rings. The Morgan fingerprint density at radius 1 is 1.07 bits per heavy atom. The van der Waals surface area contributed by atoms with Crippen molar-refractivity contribution in [2.45, 2.75) is 31.5 Å². The average molecular weight is 214 g/mol. The van der Waals surface area contributed by atoms with Crippen molar-refractivity contribution >= 4 is 18.6 Å². The van der Waals surface area contributed by atoms with Gasteiger partial charge in [-0.2, -0.15) is 0 Å². The molecule has 2 aliphatic rings. The normalized spacial score (nSPS) is 35.3. The number of carbonyl (C=O) groups excluding carboxylic acids is 3. The second-order valence-electron chi connectivity index (χ2n) is 3.62. The number of cyclic esters (lactones) is 2. The third kappa shape index (κ3) is 2.08. The highest BCUT2D eigenvalue weighted by Crippen LogP contribution is 2.29. The van der Waals surface area contributed by atoms with Gasteiger partial charge in [0, 0.05) is 5.92 Å². The van der Waals surface area contributed by atoms with E-state index in [1.165, 1.54) is 0 Å². The molecule has 6 heteroatoms. The van der Waals surface area contributed by atoms with E-state index in [1.54, 1.807) is 0 Å². The molecular weight excluding hydrogens is 204 g/mol. The second kappa shape index (κ2) is 3.88. The van der Waals surface area contributed by atoms with Crippen molar-refractivity contribution in [1.29, 1.82) is 0 Å². The van der Waals surface area contributed by atoms with Crippen LogP contribution in [0.5, 0.6) is 0 Å². The molecule has 1 saturated heterocycles. The van der Waals surface area contributed by atoms with E-state index < -0.39 is 24.5 Å². The predicted molar refractivity (Wildman–Crippen MR) is 45.0 cm³/mol. The molecule has 0 bridgehead atoms. The van der Waals surface area contributed by atoms with Crippen LogP contribution in [0.1, 0.15) is 19.3 Å². The lowest BCUT2D eigenvalue weighted by Crippen LogP contribution is -2.37. The van der Waals surface area contributed by atoms with Crippen molar-refractivity contribution in [3.8, 4) is 0 Å². The summed E-state index contributed by atoms with van der Waals surface area (Å²) in [6, 6.07) is 0. The van der Waals surface area contributed by atoms with E-state index in [0.717, 1.165) is 6.29 Å². The first-order valence-electron chi connectivity index (χ1n) is 4.73. The molecular formula is C9H10O6. The fourth-order valence-electron chi connectivity index (χ4n) is 1.88. The molecule has 1 aliphatic carbocycles. The van der Waals surface area contributed by atoms with Gasteiger partial charge in [-0.25, -0.2) is 9.59 Å². The van der Waals surface area contributed by atoms with Crippen molar-refractivity contribution in [1.82, 2.24) is 0 Å². The van der Waals surface area contributed by atoms with Crippen LogP contribution in [0.4, 0.5) is 9.59 Å². The lowest BCUT2D eigenvalue weighted by Gasteiger charge is -2.29. The van der Waals surface area contributed by atoms with Gasteiger partial charge in [-0.05, 0) is 19.3 Å². The third-order valence-corrected chi connectivity index (χ3v) is 2.63. The first-order valence-corrected chi connectivity index (χ1v) is 4.73.